The molecule has 0 aromatic heterocycles. The normalized spacial score (nSPS) is 13.6. The molecular formula is C18H25N3O6. The van der Waals surface area contributed by atoms with Gasteiger partial charge in [-0.3, -0.25) is 14.4 Å². The molecule has 27 heavy (non-hydrogen) atoms. The molecule has 0 aliphatic heterocycles. The molecule has 1 aromatic rings. The first-order valence-electron chi connectivity index (χ1n) is 8.40. The van der Waals surface area contributed by atoms with Crippen LogP contribution in [0.25, 0.3) is 0 Å². The minimum atomic E-state index is -1.18. The van der Waals surface area contributed by atoms with Crippen molar-refractivity contribution in [2.75, 3.05) is 7.05 Å². The lowest BCUT2D eigenvalue weighted by atomic mass is 10.2. The lowest BCUT2D eigenvalue weighted by Crippen LogP contribution is -2.54. The highest BCUT2D eigenvalue weighted by molar-refractivity contribution is 5.92. The number of nitrogens with zero attached hydrogens (tertiary/aromatic N) is 1. The molecule has 0 radical (unpaired) electrons. The molecule has 0 bridgehead atoms. The summed E-state index contributed by atoms with van der Waals surface area (Å²) >= 11 is 0. The summed E-state index contributed by atoms with van der Waals surface area (Å²) in [5, 5.41) is 13.5. The number of ether oxygens (including phenoxy) is 1. The second-order valence-electron chi connectivity index (χ2n) is 6.12. The van der Waals surface area contributed by atoms with Crippen LogP contribution < -0.4 is 10.6 Å². The van der Waals surface area contributed by atoms with E-state index in [0.29, 0.717) is 0 Å². The number of rotatable bonds is 8. The summed E-state index contributed by atoms with van der Waals surface area (Å²) in [6, 6.07) is 6.16. The van der Waals surface area contributed by atoms with Gasteiger partial charge in [-0.1, -0.05) is 30.3 Å². The van der Waals surface area contributed by atoms with E-state index in [1.165, 1.54) is 27.8 Å². The Morgan fingerprint density at radius 1 is 1.04 bits per heavy atom. The van der Waals surface area contributed by atoms with Gasteiger partial charge in [-0.2, -0.15) is 0 Å². The number of aliphatic carboxylic acids is 1. The Morgan fingerprint density at radius 2 is 1.63 bits per heavy atom. The predicted octanol–water partition coefficient (Wildman–Crippen LogP) is 0.738. The molecule has 1 rings (SSSR count). The quantitative estimate of drug-likeness (QED) is 0.612. The number of carboxylic acid groups (broad SMARTS) is 1. The van der Waals surface area contributed by atoms with E-state index in [4.69, 9.17) is 9.84 Å². The summed E-state index contributed by atoms with van der Waals surface area (Å²) in [4.78, 5) is 48.2. The van der Waals surface area contributed by atoms with E-state index in [1.807, 2.05) is 18.2 Å². The average Bonchev–Trinajstić information content (AvgIpc) is 2.65. The zero-order valence-corrected chi connectivity index (χ0v) is 15.8. The van der Waals surface area contributed by atoms with Crippen molar-refractivity contribution in [1.82, 2.24) is 15.5 Å². The van der Waals surface area contributed by atoms with Gasteiger partial charge < -0.3 is 25.4 Å². The first kappa shape index (κ1) is 21.9. The fraction of sp³-hybridized carbons (Fsp3) is 0.444. The zero-order chi connectivity index (χ0) is 20.6. The fourth-order valence-electron chi connectivity index (χ4n) is 2.07. The van der Waals surface area contributed by atoms with Gasteiger partial charge in [0.1, 0.15) is 24.7 Å². The molecule has 148 valence electrons. The van der Waals surface area contributed by atoms with Gasteiger partial charge in [0.25, 0.3) is 0 Å². The molecule has 1 aromatic carbocycles. The van der Waals surface area contributed by atoms with Crippen LogP contribution in [0, 0.1) is 0 Å². The van der Waals surface area contributed by atoms with Crippen molar-refractivity contribution in [2.24, 2.45) is 0 Å². The largest absolute Gasteiger partial charge is 0.480 e. The number of alkyl carbamates (subject to hydrolysis) is 1. The lowest BCUT2D eigenvalue weighted by Gasteiger charge is -2.27. The third kappa shape index (κ3) is 6.96. The number of hydrogen-bond acceptors (Lipinski definition) is 5. The number of carbonyl (C=O) groups is 4. The van der Waals surface area contributed by atoms with E-state index >= 15 is 0 Å². The van der Waals surface area contributed by atoms with Crippen molar-refractivity contribution in [3.05, 3.63) is 35.9 Å². The molecule has 3 atom stereocenters. The van der Waals surface area contributed by atoms with Crippen molar-refractivity contribution in [2.45, 2.75) is 45.5 Å². The van der Waals surface area contributed by atoms with E-state index in [-0.39, 0.29) is 6.61 Å². The van der Waals surface area contributed by atoms with Crippen LogP contribution in [0.2, 0.25) is 0 Å². The van der Waals surface area contributed by atoms with Gasteiger partial charge in [-0.15, -0.1) is 0 Å². The standard InChI is InChI=1S/C18H25N3O6/c1-11(20-18(26)27-10-14-8-6-5-7-9-14)16(23)21(4)13(3)15(22)19-12(2)17(24)25/h5-9,11-13H,10H2,1-4H3,(H,19,22)(H,20,26)(H,24,25)/t11-,12-,13-/m0/s1. The Balaban J connectivity index is 2.52. The van der Waals surface area contributed by atoms with Crippen molar-refractivity contribution in [1.29, 1.82) is 0 Å². The second kappa shape index (κ2) is 10.1. The topological polar surface area (TPSA) is 125 Å². The van der Waals surface area contributed by atoms with E-state index in [1.54, 1.807) is 12.1 Å². The van der Waals surface area contributed by atoms with Gasteiger partial charge in [0.05, 0.1) is 0 Å². The Bertz CT molecular complexity index is 679. The number of hydrogen-bond donors (Lipinski definition) is 3. The van der Waals surface area contributed by atoms with Gasteiger partial charge in [-0.25, -0.2) is 4.79 Å². The summed E-state index contributed by atoms with van der Waals surface area (Å²) in [5.74, 6) is -2.31. The summed E-state index contributed by atoms with van der Waals surface area (Å²) < 4.78 is 5.05. The van der Waals surface area contributed by atoms with E-state index in [0.717, 1.165) is 10.5 Å². The molecule has 0 heterocycles. The summed E-state index contributed by atoms with van der Waals surface area (Å²) in [6.45, 7) is 4.31. The van der Waals surface area contributed by atoms with Gasteiger partial charge in [0, 0.05) is 7.05 Å². The maximum atomic E-state index is 12.4. The third-order valence-electron chi connectivity index (χ3n) is 3.95. The molecule has 0 fully saturated rings. The Morgan fingerprint density at radius 3 is 2.19 bits per heavy atom. The molecule has 0 unspecified atom stereocenters. The summed E-state index contributed by atoms with van der Waals surface area (Å²) in [5.41, 5.74) is 0.807. The van der Waals surface area contributed by atoms with Crippen molar-refractivity contribution in [3.63, 3.8) is 0 Å². The van der Waals surface area contributed by atoms with Crippen molar-refractivity contribution in [3.8, 4) is 0 Å². The molecule has 9 heteroatoms. The van der Waals surface area contributed by atoms with Crippen LogP contribution in [0.1, 0.15) is 26.3 Å². The maximum Gasteiger partial charge on any atom is 0.408 e. The number of benzene rings is 1. The highest BCUT2D eigenvalue weighted by Crippen LogP contribution is 2.03. The Kier molecular flexibility index (Phi) is 8.25. The van der Waals surface area contributed by atoms with E-state index < -0.39 is 42.0 Å². The van der Waals surface area contributed by atoms with Crippen LogP contribution in [-0.2, 0) is 25.7 Å². The average molecular weight is 379 g/mol. The van der Waals surface area contributed by atoms with E-state index in [9.17, 15) is 19.2 Å². The zero-order valence-electron chi connectivity index (χ0n) is 15.8. The highest BCUT2D eigenvalue weighted by atomic mass is 16.5. The Labute approximate surface area is 157 Å². The third-order valence-corrected chi connectivity index (χ3v) is 3.95. The van der Waals surface area contributed by atoms with E-state index in [2.05, 4.69) is 10.6 Å². The van der Waals surface area contributed by atoms with Crippen LogP contribution in [0.5, 0.6) is 0 Å². The highest BCUT2D eigenvalue weighted by Gasteiger charge is 2.28. The number of likely N-dealkylation sites (N-methyl/N-ethyl adjacent to an activating group) is 1. The molecule has 0 spiro atoms. The van der Waals surface area contributed by atoms with Crippen molar-refractivity contribution >= 4 is 23.9 Å². The monoisotopic (exact) mass is 379 g/mol. The molecule has 0 aliphatic carbocycles. The number of carbonyl (C=O) groups excluding carboxylic acids is 3. The minimum Gasteiger partial charge on any atom is -0.480 e. The van der Waals surface area contributed by atoms with Crippen molar-refractivity contribution < 1.29 is 29.0 Å². The molecule has 0 saturated heterocycles. The van der Waals surface area contributed by atoms with Gasteiger partial charge in [0.15, 0.2) is 0 Å². The molecule has 3 amide bonds. The molecule has 9 nitrogen and oxygen atoms in total. The van der Waals surface area contributed by atoms with Gasteiger partial charge in [-0.05, 0) is 26.3 Å². The number of nitrogens with one attached hydrogen (secondary N) is 2. The van der Waals surface area contributed by atoms with Gasteiger partial charge >= 0.3 is 12.1 Å². The fourth-order valence-corrected chi connectivity index (χ4v) is 2.07. The molecule has 3 N–H and O–H groups in total. The predicted molar refractivity (Wildman–Crippen MR) is 96.7 cm³/mol. The van der Waals surface area contributed by atoms with Crippen LogP contribution in [0.4, 0.5) is 4.79 Å². The van der Waals surface area contributed by atoms with Gasteiger partial charge in [0.2, 0.25) is 11.8 Å². The van der Waals surface area contributed by atoms with Crippen LogP contribution in [0.15, 0.2) is 30.3 Å². The second-order valence-corrected chi connectivity index (χ2v) is 6.12. The SMILES string of the molecule is C[C@H](NC(=O)[C@H](C)N(C)C(=O)[C@H](C)NC(=O)OCc1ccccc1)C(=O)O. The smallest absolute Gasteiger partial charge is 0.408 e. The summed E-state index contributed by atoms with van der Waals surface area (Å²) in [7, 11) is 1.39. The molecule has 0 saturated carbocycles. The number of amides is 3. The van der Waals surface area contributed by atoms with Crippen LogP contribution >= 0.6 is 0 Å². The number of carboxylic acids is 1. The first-order valence-corrected chi connectivity index (χ1v) is 8.40. The lowest BCUT2D eigenvalue weighted by molar-refractivity contribution is -0.143. The minimum absolute atomic E-state index is 0.0648. The molecular weight excluding hydrogens is 354 g/mol. The van der Waals surface area contributed by atoms with Crippen LogP contribution in [-0.4, -0.2) is 59.1 Å². The molecule has 0 aliphatic rings. The maximum absolute atomic E-state index is 12.4. The summed E-state index contributed by atoms with van der Waals surface area (Å²) in [6.07, 6.45) is -0.760. The Hall–Kier alpha value is -3.10. The van der Waals surface area contributed by atoms with Crippen LogP contribution in [0.3, 0.4) is 0 Å². The first-order chi connectivity index (χ1) is 12.6.